The van der Waals surface area contributed by atoms with Crippen LogP contribution in [0.1, 0.15) is 5.56 Å². The summed E-state index contributed by atoms with van der Waals surface area (Å²) in [7, 11) is 0. The van der Waals surface area contributed by atoms with Gasteiger partial charge < -0.3 is 9.84 Å². The summed E-state index contributed by atoms with van der Waals surface area (Å²) in [5.74, 6) is 0.0428. The van der Waals surface area contributed by atoms with Crippen molar-refractivity contribution in [2.24, 2.45) is 0 Å². The Morgan fingerprint density at radius 1 is 1.30 bits per heavy atom. The molecule has 2 aromatic carbocycles. The Balaban J connectivity index is 2.34. The number of halogens is 2. The van der Waals surface area contributed by atoms with Gasteiger partial charge >= 0.3 is 0 Å². The Bertz CT molecular complexity index is 663. The molecule has 0 spiro atoms. The predicted octanol–water partition coefficient (Wildman–Crippen LogP) is 3.78. The lowest BCUT2D eigenvalue weighted by Gasteiger charge is -2.09. The third-order valence-corrected chi connectivity index (χ3v) is 3.19. The maximum Gasteiger partial charge on any atom is 0.275 e. The van der Waals surface area contributed by atoms with Gasteiger partial charge in [-0.15, -0.1) is 0 Å². The van der Waals surface area contributed by atoms with Crippen molar-refractivity contribution in [3.63, 3.8) is 0 Å². The summed E-state index contributed by atoms with van der Waals surface area (Å²) in [6.07, 6.45) is 0. The number of rotatable bonds is 4. The van der Waals surface area contributed by atoms with Crippen molar-refractivity contribution < 1.29 is 19.2 Å². The summed E-state index contributed by atoms with van der Waals surface area (Å²) in [5.41, 5.74) is -0.0711. The Morgan fingerprint density at radius 2 is 2.05 bits per heavy atom. The summed E-state index contributed by atoms with van der Waals surface area (Å²) in [6.45, 7) is -0.488. The van der Waals surface area contributed by atoms with E-state index in [1.165, 1.54) is 36.4 Å². The number of nitro groups is 1. The minimum Gasteiger partial charge on any atom is -0.456 e. The first-order valence-corrected chi connectivity index (χ1v) is 6.31. The number of ether oxygens (including phenoxy) is 1. The largest absolute Gasteiger partial charge is 0.456 e. The molecule has 0 atom stereocenters. The molecule has 0 bridgehead atoms. The highest BCUT2D eigenvalue weighted by Crippen LogP contribution is 2.32. The van der Waals surface area contributed by atoms with Crippen molar-refractivity contribution in [1.29, 1.82) is 0 Å². The van der Waals surface area contributed by atoms with E-state index in [1.54, 1.807) is 0 Å². The Kier molecular flexibility index (Phi) is 4.31. The SMILES string of the molecule is O=[N+]([O-])c1ccc(Oc2cc(F)ccc2Br)cc1CO. The minimum absolute atomic E-state index is 0.125. The molecule has 0 aliphatic heterocycles. The van der Waals surface area contributed by atoms with E-state index in [9.17, 15) is 14.5 Å². The fraction of sp³-hybridized carbons (Fsp3) is 0.0769. The molecule has 104 valence electrons. The van der Waals surface area contributed by atoms with E-state index in [1.807, 2.05) is 0 Å². The van der Waals surface area contributed by atoms with Crippen molar-refractivity contribution in [2.45, 2.75) is 6.61 Å². The minimum atomic E-state index is -0.590. The average Bonchev–Trinajstić information content (AvgIpc) is 2.42. The van der Waals surface area contributed by atoms with Gasteiger partial charge in [-0.25, -0.2) is 4.39 Å². The van der Waals surface area contributed by atoms with Crippen LogP contribution >= 0.6 is 15.9 Å². The van der Waals surface area contributed by atoms with Crippen molar-refractivity contribution in [3.8, 4) is 11.5 Å². The molecule has 0 saturated carbocycles. The van der Waals surface area contributed by atoms with Gasteiger partial charge in [0.25, 0.3) is 5.69 Å². The van der Waals surface area contributed by atoms with Gasteiger partial charge in [0.2, 0.25) is 0 Å². The molecular formula is C13H9BrFNO4. The van der Waals surface area contributed by atoms with Crippen molar-refractivity contribution in [1.82, 2.24) is 0 Å². The van der Waals surface area contributed by atoms with Crippen LogP contribution in [0.15, 0.2) is 40.9 Å². The van der Waals surface area contributed by atoms with E-state index in [2.05, 4.69) is 15.9 Å². The van der Waals surface area contributed by atoms with Gasteiger partial charge in [0, 0.05) is 12.1 Å². The standard InChI is InChI=1S/C13H9BrFNO4/c14-11-3-1-9(15)6-13(11)20-10-2-4-12(16(18)19)8(5-10)7-17/h1-6,17H,7H2. The lowest BCUT2D eigenvalue weighted by molar-refractivity contribution is -0.385. The molecule has 0 unspecified atom stereocenters. The zero-order valence-electron chi connectivity index (χ0n) is 10.0. The van der Waals surface area contributed by atoms with Crippen LogP contribution in [0.25, 0.3) is 0 Å². The van der Waals surface area contributed by atoms with Crippen molar-refractivity contribution >= 4 is 21.6 Å². The van der Waals surface area contributed by atoms with E-state index >= 15 is 0 Å². The Morgan fingerprint density at radius 3 is 2.70 bits per heavy atom. The highest BCUT2D eigenvalue weighted by atomic mass is 79.9. The maximum atomic E-state index is 13.1. The molecule has 5 nitrogen and oxygen atoms in total. The molecule has 7 heteroatoms. The molecule has 0 saturated heterocycles. The fourth-order valence-electron chi connectivity index (χ4n) is 1.61. The number of aliphatic hydroxyl groups is 1. The highest BCUT2D eigenvalue weighted by molar-refractivity contribution is 9.10. The molecule has 1 N–H and O–H groups in total. The second-order valence-corrected chi connectivity index (χ2v) is 4.74. The second-order valence-electron chi connectivity index (χ2n) is 3.88. The smallest absolute Gasteiger partial charge is 0.275 e. The monoisotopic (exact) mass is 341 g/mol. The first kappa shape index (κ1) is 14.4. The van der Waals surface area contributed by atoms with Gasteiger partial charge in [0.05, 0.1) is 21.6 Å². The number of aliphatic hydroxyl groups excluding tert-OH is 1. The number of nitrogens with zero attached hydrogens (tertiary/aromatic N) is 1. The van der Waals surface area contributed by atoms with Gasteiger partial charge in [-0.3, -0.25) is 10.1 Å². The van der Waals surface area contributed by atoms with E-state index in [4.69, 9.17) is 9.84 Å². The normalized spacial score (nSPS) is 10.3. The summed E-state index contributed by atoms with van der Waals surface area (Å²) in [6, 6.07) is 7.90. The zero-order valence-corrected chi connectivity index (χ0v) is 11.6. The molecule has 0 aliphatic carbocycles. The second kappa shape index (κ2) is 5.98. The quantitative estimate of drug-likeness (QED) is 0.678. The van der Waals surface area contributed by atoms with Crippen LogP contribution in [-0.4, -0.2) is 10.0 Å². The molecule has 0 fully saturated rings. The third kappa shape index (κ3) is 3.12. The number of benzene rings is 2. The molecule has 0 aliphatic rings. The van der Waals surface area contributed by atoms with Gasteiger partial charge in [-0.1, -0.05) is 0 Å². The van der Waals surface area contributed by atoms with Gasteiger partial charge in [-0.2, -0.15) is 0 Å². The molecule has 0 radical (unpaired) electrons. The van der Waals surface area contributed by atoms with Gasteiger partial charge in [-0.05, 0) is 40.2 Å². The molecule has 2 rings (SSSR count). The Labute approximate surface area is 121 Å². The predicted molar refractivity (Wildman–Crippen MR) is 73.2 cm³/mol. The Hall–Kier alpha value is -1.99. The summed E-state index contributed by atoms with van der Waals surface area (Å²) in [4.78, 5) is 10.2. The van der Waals surface area contributed by atoms with Crippen LogP contribution in [0.3, 0.4) is 0 Å². The van der Waals surface area contributed by atoms with Crippen molar-refractivity contribution in [3.05, 3.63) is 62.4 Å². The summed E-state index contributed by atoms with van der Waals surface area (Å²) >= 11 is 3.21. The van der Waals surface area contributed by atoms with Crippen LogP contribution in [0.2, 0.25) is 0 Å². The molecule has 0 amide bonds. The van der Waals surface area contributed by atoms with E-state index < -0.39 is 17.3 Å². The van der Waals surface area contributed by atoms with Gasteiger partial charge in [0.15, 0.2) is 0 Å². The van der Waals surface area contributed by atoms with Crippen LogP contribution in [0.4, 0.5) is 10.1 Å². The maximum absolute atomic E-state index is 13.1. The lowest BCUT2D eigenvalue weighted by atomic mass is 10.2. The first-order chi connectivity index (χ1) is 9.51. The lowest BCUT2D eigenvalue weighted by Crippen LogP contribution is -1.96. The molecule has 0 aromatic heterocycles. The molecular weight excluding hydrogens is 333 g/mol. The molecule has 0 heterocycles. The number of nitro benzene ring substituents is 1. The topological polar surface area (TPSA) is 72.6 Å². The molecule has 20 heavy (non-hydrogen) atoms. The van der Waals surface area contributed by atoms with Crippen LogP contribution < -0.4 is 4.74 Å². The molecule has 2 aromatic rings. The summed E-state index contributed by atoms with van der Waals surface area (Å²) in [5, 5.41) is 19.9. The zero-order chi connectivity index (χ0) is 14.7. The average molecular weight is 342 g/mol. The van der Waals surface area contributed by atoms with E-state index in [0.29, 0.717) is 4.47 Å². The number of hydrogen-bond donors (Lipinski definition) is 1. The fourth-order valence-corrected chi connectivity index (χ4v) is 1.94. The number of hydrogen-bond acceptors (Lipinski definition) is 4. The van der Waals surface area contributed by atoms with Gasteiger partial charge in [0.1, 0.15) is 17.3 Å². The van der Waals surface area contributed by atoms with Crippen LogP contribution in [-0.2, 0) is 6.61 Å². The third-order valence-electron chi connectivity index (χ3n) is 2.54. The van der Waals surface area contributed by atoms with E-state index in [-0.39, 0.29) is 22.7 Å². The van der Waals surface area contributed by atoms with E-state index in [0.717, 1.165) is 0 Å². The van der Waals surface area contributed by atoms with Crippen LogP contribution in [0.5, 0.6) is 11.5 Å². The summed E-state index contributed by atoms with van der Waals surface area (Å²) < 4.78 is 19.1. The van der Waals surface area contributed by atoms with Crippen LogP contribution in [0, 0.1) is 15.9 Å². The first-order valence-electron chi connectivity index (χ1n) is 5.52. The highest BCUT2D eigenvalue weighted by Gasteiger charge is 2.14. The van der Waals surface area contributed by atoms with Crippen molar-refractivity contribution in [2.75, 3.05) is 0 Å².